The van der Waals surface area contributed by atoms with Crippen LogP contribution in [0.2, 0.25) is 0 Å². The fraction of sp³-hybridized carbons (Fsp3) is 0.333. The molecule has 23 heavy (non-hydrogen) atoms. The molecule has 118 valence electrons. The molecule has 5 heteroatoms. The standard InChI is InChI=1S/C18H20N4S/c1-2-6-14(7-3-1)16(22-9-4-5-10-22)12-19-17-15-8-11-23-18(15)21-13-20-17/h1-3,6-8,11,13,16H,4-5,9-10,12H2,(H,19,20,21)/p+1/t16-/m0/s1. The van der Waals surface area contributed by atoms with Gasteiger partial charge in [0.2, 0.25) is 0 Å². The minimum atomic E-state index is 0.474. The number of benzene rings is 1. The van der Waals surface area contributed by atoms with E-state index in [9.17, 15) is 0 Å². The van der Waals surface area contributed by atoms with Gasteiger partial charge in [0.15, 0.2) is 0 Å². The van der Waals surface area contributed by atoms with Crippen LogP contribution in [-0.4, -0.2) is 29.6 Å². The smallest absolute Gasteiger partial charge is 0.138 e. The van der Waals surface area contributed by atoms with E-state index in [4.69, 9.17) is 0 Å². The van der Waals surface area contributed by atoms with Crippen molar-refractivity contribution in [1.82, 2.24) is 9.97 Å². The van der Waals surface area contributed by atoms with Crippen LogP contribution in [0.15, 0.2) is 48.1 Å². The summed E-state index contributed by atoms with van der Waals surface area (Å²) in [5, 5.41) is 6.78. The highest BCUT2D eigenvalue weighted by Crippen LogP contribution is 2.24. The van der Waals surface area contributed by atoms with Crippen LogP contribution >= 0.6 is 11.3 Å². The van der Waals surface area contributed by atoms with Gasteiger partial charge < -0.3 is 10.2 Å². The van der Waals surface area contributed by atoms with Crippen LogP contribution in [0, 0.1) is 0 Å². The molecule has 0 amide bonds. The van der Waals surface area contributed by atoms with Crippen molar-refractivity contribution in [2.45, 2.75) is 18.9 Å². The highest BCUT2D eigenvalue weighted by atomic mass is 32.1. The van der Waals surface area contributed by atoms with Gasteiger partial charge in [-0.05, 0) is 11.4 Å². The molecule has 0 unspecified atom stereocenters. The average molecular weight is 325 g/mol. The predicted octanol–water partition coefficient (Wildman–Crippen LogP) is 2.52. The lowest BCUT2D eigenvalue weighted by Crippen LogP contribution is -3.11. The van der Waals surface area contributed by atoms with Gasteiger partial charge >= 0.3 is 0 Å². The minimum absolute atomic E-state index is 0.474. The second kappa shape index (κ2) is 6.64. The van der Waals surface area contributed by atoms with Gasteiger partial charge in [0.05, 0.1) is 25.0 Å². The Hall–Kier alpha value is -1.98. The van der Waals surface area contributed by atoms with Gasteiger partial charge in [-0.15, -0.1) is 11.3 Å². The molecule has 1 saturated heterocycles. The van der Waals surface area contributed by atoms with Crippen molar-refractivity contribution in [1.29, 1.82) is 0 Å². The quantitative estimate of drug-likeness (QED) is 0.757. The predicted molar refractivity (Wildman–Crippen MR) is 95.0 cm³/mol. The molecule has 1 aliphatic rings. The summed E-state index contributed by atoms with van der Waals surface area (Å²) in [6, 6.07) is 13.4. The van der Waals surface area contributed by atoms with Crippen LogP contribution in [0.3, 0.4) is 0 Å². The molecule has 0 spiro atoms. The first-order chi connectivity index (χ1) is 11.4. The Labute approximate surface area is 140 Å². The van der Waals surface area contributed by atoms with Crippen molar-refractivity contribution in [3.8, 4) is 0 Å². The summed E-state index contributed by atoms with van der Waals surface area (Å²) >= 11 is 1.66. The van der Waals surface area contributed by atoms with Crippen molar-refractivity contribution >= 4 is 27.4 Å². The monoisotopic (exact) mass is 325 g/mol. The van der Waals surface area contributed by atoms with Crippen molar-refractivity contribution in [3.05, 3.63) is 53.7 Å². The highest BCUT2D eigenvalue weighted by molar-refractivity contribution is 7.16. The zero-order valence-corrected chi connectivity index (χ0v) is 13.9. The molecule has 2 N–H and O–H groups in total. The van der Waals surface area contributed by atoms with Crippen molar-refractivity contribution < 1.29 is 4.90 Å². The number of nitrogens with zero attached hydrogens (tertiary/aromatic N) is 2. The van der Waals surface area contributed by atoms with E-state index < -0.39 is 0 Å². The molecule has 4 nitrogen and oxygen atoms in total. The lowest BCUT2D eigenvalue weighted by atomic mass is 10.1. The molecule has 4 rings (SSSR count). The maximum absolute atomic E-state index is 4.45. The maximum Gasteiger partial charge on any atom is 0.138 e. The van der Waals surface area contributed by atoms with E-state index >= 15 is 0 Å². The molecule has 1 atom stereocenters. The molecular weight excluding hydrogens is 304 g/mol. The summed E-state index contributed by atoms with van der Waals surface area (Å²) < 4.78 is 0. The van der Waals surface area contributed by atoms with E-state index in [1.165, 1.54) is 31.5 Å². The number of thiophene rings is 1. The van der Waals surface area contributed by atoms with Gasteiger partial charge in [0.1, 0.15) is 23.0 Å². The molecule has 0 bridgehead atoms. The average Bonchev–Trinajstić information content (AvgIpc) is 3.28. The lowest BCUT2D eigenvalue weighted by Gasteiger charge is -2.25. The summed E-state index contributed by atoms with van der Waals surface area (Å²) in [4.78, 5) is 11.5. The third kappa shape index (κ3) is 3.07. The number of likely N-dealkylation sites (tertiary alicyclic amines) is 1. The molecule has 0 radical (unpaired) electrons. The van der Waals surface area contributed by atoms with Crippen LogP contribution < -0.4 is 10.2 Å². The van der Waals surface area contributed by atoms with E-state index in [2.05, 4.69) is 57.1 Å². The second-order valence-electron chi connectivity index (χ2n) is 6.07. The number of quaternary nitrogens is 1. The molecule has 1 aliphatic heterocycles. The Kier molecular flexibility index (Phi) is 4.22. The van der Waals surface area contributed by atoms with Gasteiger partial charge in [-0.1, -0.05) is 30.3 Å². The van der Waals surface area contributed by atoms with Gasteiger partial charge in [-0.25, -0.2) is 9.97 Å². The molecular formula is C18H21N4S+. The maximum atomic E-state index is 4.45. The molecule has 0 aliphatic carbocycles. The van der Waals surface area contributed by atoms with Gasteiger partial charge in [-0.3, -0.25) is 0 Å². The zero-order chi connectivity index (χ0) is 15.5. The first-order valence-corrected chi connectivity index (χ1v) is 9.11. The van der Waals surface area contributed by atoms with Gasteiger partial charge in [0.25, 0.3) is 0 Å². The summed E-state index contributed by atoms with van der Waals surface area (Å²) in [5.74, 6) is 0.954. The minimum Gasteiger partial charge on any atom is -0.363 e. The number of hydrogen-bond donors (Lipinski definition) is 2. The Morgan fingerprint density at radius 2 is 1.91 bits per heavy atom. The number of anilines is 1. The topological polar surface area (TPSA) is 42.2 Å². The number of nitrogens with one attached hydrogen (secondary N) is 2. The first kappa shape index (κ1) is 14.6. The summed E-state index contributed by atoms with van der Waals surface area (Å²) in [5.41, 5.74) is 1.41. The fourth-order valence-electron chi connectivity index (χ4n) is 3.49. The third-order valence-electron chi connectivity index (χ3n) is 4.68. The van der Waals surface area contributed by atoms with Crippen LogP contribution in [0.25, 0.3) is 10.2 Å². The summed E-state index contributed by atoms with van der Waals surface area (Å²) in [6.45, 7) is 3.43. The Balaban J connectivity index is 1.57. The first-order valence-electron chi connectivity index (χ1n) is 8.23. The third-order valence-corrected chi connectivity index (χ3v) is 5.50. The van der Waals surface area contributed by atoms with Crippen LogP contribution in [0.4, 0.5) is 5.82 Å². The summed E-state index contributed by atoms with van der Waals surface area (Å²) in [6.07, 6.45) is 4.32. The molecule has 3 heterocycles. The van der Waals surface area contributed by atoms with Crippen LogP contribution in [0.5, 0.6) is 0 Å². The molecule has 3 aromatic rings. The highest BCUT2D eigenvalue weighted by Gasteiger charge is 2.27. The van der Waals surface area contributed by atoms with Gasteiger partial charge in [0, 0.05) is 18.4 Å². The molecule has 1 aromatic carbocycles. The number of hydrogen-bond acceptors (Lipinski definition) is 4. The molecule has 0 saturated carbocycles. The van der Waals surface area contributed by atoms with Crippen molar-refractivity contribution in [2.75, 3.05) is 25.0 Å². The largest absolute Gasteiger partial charge is 0.363 e. The van der Waals surface area contributed by atoms with E-state index in [1.807, 2.05) is 0 Å². The SMILES string of the molecule is c1ccc([C@H](CNc2ncnc3sccc23)[NH+]2CCCC2)cc1. The van der Waals surface area contributed by atoms with Crippen molar-refractivity contribution in [3.63, 3.8) is 0 Å². The van der Waals surface area contributed by atoms with E-state index in [-0.39, 0.29) is 0 Å². The lowest BCUT2D eigenvalue weighted by molar-refractivity contribution is -0.917. The fourth-order valence-corrected chi connectivity index (χ4v) is 4.22. The number of rotatable bonds is 5. The van der Waals surface area contributed by atoms with Crippen LogP contribution in [-0.2, 0) is 0 Å². The van der Waals surface area contributed by atoms with E-state index in [1.54, 1.807) is 22.6 Å². The Bertz CT molecular complexity index is 765. The number of fused-ring (bicyclic) bond motifs is 1. The second-order valence-corrected chi connectivity index (χ2v) is 6.97. The Morgan fingerprint density at radius 3 is 2.74 bits per heavy atom. The van der Waals surface area contributed by atoms with E-state index in [0.29, 0.717) is 6.04 Å². The molecule has 1 fully saturated rings. The normalized spacial score (nSPS) is 16.7. The number of aromatic nitrogens is 2. The van der Waals surface area contributed by atoms with Crippen molar-refractivity contribution in [2.24, 2.45) is 0 Å². The van der Waals surface area contributed by atoms with E-state index in [0.717, 1.165) is 22.6 Å². The van der Waals surface area contributed by atoms with Crippen LogP contribution in [0.1, 0.15) is 24.4 Å². The van der Waals surface area contributed by atoms with Gasteiger partial charge in [-0.2, -0.15) is 0 Å². The Morgan fingerprint density at radius 1 is 1.09 bits per heavy atom. The zero-order valence-electron chi connectivity index (χ0n) is 13.0. The molecule has 2 aromatic heterocycles. The summed E-state index contributed by atoms with van der Waals surface area (Å²) in [7, 11) is 0.